The van der Waals surface area contributed by atoms with Crippen LogP contribution in [-0.4, -0.2) is 45.3 Å². The molecule has 0 saturated heterocycles. The van der Waals surface area contributed by atoms with E-state index in [1.807, 2.05) is 0 Å². The van der Waals surface area contributed by atoms with Crippen molar-refractivity contribution >= 4 is 28.7 Å². The highest BCUT2D eigenvalue weighted by Gasteiger charge is 2.26. The SMILES string of the molecule is CC(CCS(C)=O)NC(=O)NC(=O)CC(C)(C)CC(=O)O. The first-order chi connectivity index (χ1) is 9.51. The van der Waals surface area contributed by atoms with Crippen LogP contribution in [0.1, 0.15) is 40.0 Å². The normalized spacial score (nSPS) is 14.1. The minimum Gasteiger partial charge on any atom is -0.481 e. The Morgan fingerprint density at radius 1 is 1.24 bits per heavy atom. The molecule has 0 heterocycles. The fraction of sp³-hybridized carbons (Fsp3) is 0.769. The Kier molecular flexibility index (Phi) is 8.16. The van der Waals surface area contributed by atoms with Gasteiger partial charge < -0.3 is 10.4 Å². The zero-order valence-corrected chi connectivity index (χ0v) is 13.7. The average molecular weight is 320 g/mol. The molecule has 0 saturated carbocycles. The summed E-state index contributed by atoms with van der Waals surface area (Å²) in [6, 6.07) is -0.825. The highest BCUT2D eigenvalue weighted by molar-refractivity contribution is 7.84. The minimum absolute atomic E-state index is 0.0555. The van der Waals surface area contributed by atoms with Crippen LogP contribution in [-0.2, 0) is 20.4 Å². The minimum atomic E-state index is -0.988. The number of amides is 3. The first-order valence-corrected chi connectivity index (χ1v) is 8.37. The van der Waals surface area contributed by atoms with Crippen LogP contribution in [0.2, 0.25) is 0 Å². The van der Waals surface area contributed by atoms with E-state index >= 15 is 0 Å². The van der Waals surface area contributed by atoms with E-state index in [0.717, 1.165) is 0 Å². The van der Waals surface area contributed by atoms with Gasteiger partial charge in [0.1, 0.15) is 0 Å². The first-order valence-electron chi connectivity index (χ1n) is 6.64. The summed E-state index contributed by atoms with van der Waals surface area (Å²) in [7, 11) is -0.925. The van der Waals surface area contributed by atoms with Gasteiger partial charge in [-0.05, 0) is 18.8 Å². The number of nitrogens with one attached hydrogen (secondary N) is 2. The Morgan fingerprint density at radius 2 is 1.81 bits per heavy atom. The summed E-state index contributed by atoms with van der Waals surface area (Å²) >= 11 is 0. The molecule has 0 radical (unpaired) electrons. The third kappa shape index (κ3) is 10.9. The van der Waals surface area contributed by atoms with Gasteiger partial charge in [0, 0.05) is 35.3 Å². The Bertz CT molecular complexity index is 423. The average Bonchev–Trinajstić information content (AvgIpc) is 2.22. The molecule has 0 aromatic carbocycles. The van der Waals surface area contributed by atoms with E-state index in [2.05, 4.69) is 10.6 Å². The van der Waals surface area contributed by atoms with E-state index in [-0.39, 0.29) is 18.9 Å². The van der Waals surface area contributed by atoms with Crippen LogP contribution in [0.4, 0.5) is 4.79 Å². The predicted octanol–water partition coefficient (Wildman–Crippen LogP) is 0.860. The lowest BCUT2D eigenvalue weighted by molar-refractivity contribution is -0.139. The van der Waals surface area contributed by atoms with Gasteiger partial charge in [-0.15, -0.1) is 0 Å². The number of carboxylic acid groups (broad SMARTS) is 1. The second-order valence-corrected chi connectivity index (χ2v) is 7.45. The maximum atomic E-state index is 11.7. The van der Waals surface area contributed by atoms with Gasteiger partial charge >= 0.3 is 12.0 Å². The summed E-state index contributed by atoms with van der Waals surface area (Å²) in [6.45, 7) is 5.06. The molecule has 0 aromatic heterocycles. The molecular weight excluding hydrogens is 296 g/mol. The van der Waals surface area contributed by atoms with Crippen molar-refractivity contribution in [1.82, 2.24) is 10.6 Å². The molecule has 0 fully saturated rings. The Morgan fingerprint density at radius 3 is 2.29 bits per heavy atom. The predicted molar refractivity (Wildman–Crippen MR) is 80.3 cm³/mol. The van der Waals surface area contributed by atoms with E-state index in [9.17, 15) is 18.6 Å². The molecule has 0 rings (SSSR count). The summed E-state index contributed by atoms with van der Waals surface area (Å²) in [5.41, 5.74) is -0.721. The molecule has 0 aliphatic heterocycles. The topological polar surface area (TPSA) is 113 Å². The van der Waals surface area contributed by atoms with Crippen molar-refractivity contribution in [3.63, 3.8) is 0 Å². The van der Waals surface area contributed by atoms with Gasteiger partial charge in [-0.1, -0.05) is 13.8 Å². The molecule has 21 heavy (non-hydrogen) atoms. The quantitative estimate of drug-likeness (QED) is 0.614. The number of carboxylic acids is 1. The van der Waals surface area contributed by atoms with Crippen molar-refractivity contribution in [1.29, 1.82) is 0 Å². The molecule has 3 N–H and O–H groups in total. The van der Waals surface area contributed by atoms with Crippen LogP contribution in [0, 0.1) is 5.41 Å². The summed E-state index contributed by atoms with van der Waals surface area (Å²) in [4.78, 5) is 33.9. The zero-order valence-electron chi connectivity index (χ0n) is 12.9. The highest BCUT2D eigenvalue weighted by atomic mass is 32.2. The maximum Gasteiger partial charge on any atom is 0.321 e. The molecule has 0 bridgehead atoms. The van der Waals surface area contributed by atoms with Crippen molar-refractivity contribution in [2.45, 2.75) is 46.1 Å². The van der Waals surface area contributed by atoms with Gasteiger partial charge in [-0.2, -0.15) is 0 Å². The van der Waals surface area contributed by atoms with Gasteiger partial charge in [-0.3, -0.25) is 19.1 Å². The molecule has 0 aromatic rings. The lowest BCUT2D eigenvalue weighted by atomic mass is 9.85. The summed E-state index contributed by atoms with van der Waals surface area (Å²) in [5, 5.41) is 13.5. The number of hydrogen-bond donors (Lipinski definition) is 3. The molecular formula is C13H24N2O5S. The van der Waals surface area contributed by atoms with E-state index in [1.54, 1.807) is 27.0 Å². The molecule has 0 aliphatic rings. The molecule has 8 heteroatoms. The van der Waals surface area contributed by atoms with E-state index < -0.39 is 34.1 Å². The molecule has 0 aliphatic carbocycles. The third-order valence-electron chi connectivity index (χ3n) is 2.74. The maximum absolute atomic E-state index is 11.7. The van der Waals surface area contributed by atoms with Gasteiger partial charge in [-0.25, -0.2) is 4.79 Å². The monoisotopic (exact) mass is 320 g/mol. The number of urea groups is 1. The molecule has 122 valence electrons. The lowest BCUT2D eigenvalue weighted by Gasteiger charge is -2.21. The molecule has 0 spiro atoms. The largest absolute Gasteiger partial charge is 0.481 e. The number of carbonyl (C=O) groups excluding carboxylic acids is 2. The van der Waals surface area contributed by atoms with Crippen molar-refractivity contribution in [2.24, 2.45) is 5.41 Å². The number of hydrogen-bond acceptors (Lipinski definition) is 4. The van der Waals surface area contributed by atoms with Crippen LogP contribution < -0.4 is 10.6 Å². The molecule has 7 nitrogen and oxygen atoms in total. The third-order valence-corrected chi connectivity index (χ3v) is 3.55. The lowest BCUT2D eigenvalue weighted by Crippen LogP contribution is -2.44. The van der Waals surface area contributed by atoms with Crippen molar-refractivity contribution in [3.05, 3.63) is 0 Å². The van der Waals surface area contributed by atoms with Gasteiger partial charge in [0.25, 0.3) is 0 Å². The number of rotatable bonds is 8. The van der Waals surface area contributed by atoms with Crippen LogP contribution in [0.15, 0.2) is 0 Å². The Hall–Kier alpha value is -1.44. The second-order valence-electron chi connectivity index (χ2n) is 5.90. The van der Waals surface area contributed by atoms with E-state index in [0.29, 0.717) is 12.2 Å². The Labute approximate surface area is 127 Å². The highest BCUT2D eigenvalue weighted by Crippen LogP contribution is 2.24. The number of carbonyl (C=O) groups is 3. The molecule has 2 unspecified atom stereocenters. The second kappa shape index (κ2) is 8.76. The van der Waals surface area contributed by atoms with Gasteiger partial charge in [0.2, 0.25) is 5.91 Å². The van der Waals surface area contributed by atoms with Crippen LogP contribution in [0.5, 0.6) is 0 Å². The van der Waals surface area contributed by atoms with Crippen LogP contribution >= 0.6 is 0 Å². The first kappa shape index (κ1) is 19.6. The van der Waals surface area contributed by atoms with Gasteiger partial charge in [0.05, 0.1) is 6.42 Å². The van der Waals surface area contributed by atoms with E-state index in [4.69, 9.17) is 5.11 Å². The molecule has 3 amide bonds. The summed E-state index contributed by atoms with van der Waals surface area (Å²) < 4.78 is 10.9. The fourth-order valence-electron chi connectivity index (χ4n) is 1.75. The van der Waals surface area contributed by atoms with Crippen LogP contribution in [0.3, 0.4) is 0 Å². The zero-order chi connectivity index (χ0) is 16.6. The summed E-state index contributed by atoms with van der Waals surface area (Å²) in [5.74, 6) is -1.04. The van der Waals surface area contributed by atoms with Crippen molar-refractivity contribution in [2.75, 3.05) is 12.0 Å². The number of aliphatic carboxylic acids is 1. The van der Waals surface area contributed by atoms with Crippen molar-refractivity contribution < 1.29 is 23.7 Å². The fourth-order valence-corrected chi connectivity index (χ4v) is 2.44. The van der Waals surface area contributed by atoms with Gasteiger partial charge in [0.15, 0.2) is 0 Å². The standard InChI is InChI=1S/C13H24N2O5S/c1-9(5-6-21(4)20)14-12(19)15-10(16)7-13(2,3)8-11(17)18/h9H,5-8H2,1-4H3,(H,17,18)(H2,14,15,16,19). The van der Waals surface area contributed by atoms with Crippen LogP contribution in [0.25, 0.3) is 0 Å². The smallest absolute Gasteiger partial charge is 0.321 e. The van der Waals surface area contributed by atoms with E-state index in [1.165, 1.54) is 0 Å². The number of imide groups is 1. The van der Waals surface area contributed by atoms with Crippen molar-refractivity contribution in [3.8, 4) is 0 Å². The Balaban J connectivity index is 4.18. The summed E-state index contributed by atoms with van der Waals surface area (Å²) in [6.07, 6.45) is 1.93. The molecule has 2 atom stereocenters.